The van der Waals surface area contributed by atoms with Gasteiger partial charge >= 0.3 is 0 Å². The number of aryl methyl sites for hydroxylation is 1. The van der Waals surface area contributed by atoms with E-state index in [4.69, 9.17) is 4.74 Å². The third kappa shape index (κ3) is 2.03. The van der Waals surface area contributed by atoms with Gasteiger partial charge in [-0.05, 0) is 68.2 Å². The first-order valence-corrected chi connectivity index (χ1v) is 7.03. The summed E-state index contributed by atoms with van der Waals surface area (Å²) in [4.78, 5) is 0. The molecule has 0 saturated heterocycles. The molecule has 2 aliphatic rings. The first kappa shape index (κ1) is 12.0. The maximum absolute atomic E-state index is 10.2. The van der Waals surface area contributed by atoms with Gasteiger partial charge in [-0.3, -0.25) is 0 Å². The van der Waals surface area contributed by atoms with Crippen molar-refractivity contribution in [2.75, 3.05) is 7.11 Å². The molecule has 1 aromatic rings. The highest BCUT2D eigenvalue weighted by molar-refractivity contribution is 5.51. The number of aliphatic hydroxyl groups is 1. The van der Waals surface area contributed by atoms with Crippen molar-refractivity contribution in [3.05, 3.63) is 28.3 Å². The summed E-state index contributed by atoms with van der Waals surface area (Å²) in [5, 5.41) is 10.2. The molecule has 0 aliphatic heterocycles. The van der Waals surface area contributed by atoms with Crippen LogP contribution in [0.3, 0.4) is 0 Å². The molecule has 3 rings (SSSR count). The molecule has 0 heterocycles. The predicted octanol–water partition coefficient (Wildman–Crippen LogP) is 2.95. The quantitative estimate of drug-likeness (QED) is 0.888. The summed E-state index contributed by atoms with van der Waals surface area (Å²) in [6.45, 7) is 2.18. The van der Waals surface area contributed by atoms with Crippen molar-refractivity contribution in [3.63, 3.8) is 0 Å². The second kappa shape index (κ2) is 4.27. The first-order chi connectivity index (χ1) is 8.63. The molecule has 0 radical (unpaired) electrons. The maximum atomic E-state index is 10.2. The van der Waals surface area contributed by atoms with E-state index in [9.17, 15) is 5.11 Å². The molecule has 0 spiro atoms. The molecule has 0 amide bonds. The summed E-state index contributed by atoms with van der Waals surface area (Å²) >= 11 is 0. The molecule has 2 heteroatoms. The van der Waals surface area contributed by atoms with Gasteiger partial charge in [0.25, 0.3) is 0 Å². The van der Waals surface area contributed by atoms with Crippen LogP contribution in [0.1, 0.15) is 47.9 Å². The fourth-order valence-electron chi connectivity index (χ4n) is 3.22. The van der Waals surface area contributed by atoms with Crippen LogP contribution in [0.5, 0.6) is 5.75 Å². The van der Waals surface area contributed by atoms with E-state index in [0.29, 0.717) is 0 Å². The van der Waals surface area contributed by atoms with Gasteiger partial charge in [0.2, 0.25) is 0 Å². The zero-order valence-electron chi connectivity index (χ0n) is 11.4. The Morgan fingerprint density at radius 3 is 2.50 bits per heavy atom. The van der Waals surface area contributed by atoms with Gasteiger partial charge in [-0.2, -0.15) is 0 Å². The van der Waals surface area contributed by atoms with Gasteiger partial charge in [-0.25, -0.2) is 0 Å². The average Bonchev–Trinajstić information content (AvgIpc) is 3.11. The monoisotopic (exact) mass is 246 g/mol. The van der Waals surface area contributed by atoms with E-state index in [-0.39, 0.29) is 0 Å². The van der Waals surface area contributed by atoms with Gasteiger partial charge < -0.3 is 9.84 Å². The van der Waals surface area contributed by atoms with Crippen molar-refractivity contribution in [1.82, 2.24) is 0 Å². The van der Waals surface area contributed by atoms with E-state index < -0.39 is 5.60 Å². The summed E-state index contributed by atoms with van der Waals surface area (Å²) in [7, 11) is 1.74. The molecule has 2 aliphatic carbocycles. The molecule has 0 aromatic heterocycles. The minimum Gasteiger partial charge on any atom is -0.496 e. The molecule has 1 fully saturated rings. The zero-order valence-corrected chi connectivity index (χ0v) is 11.4. The van der Waals surface area contributed by atoms with E-state index in [1.54, 1.807) is 7.11 Å². The minimum absolute atomic E-state index is 0.437. The highest BCUT2D eigenvalue weighted by Gasteiger charge is 2.41. The highest BCUT2D eigenvalue weighted by Crippen LogP contribution is 2.43. The van der Waals surface area contributed by atoms with Crippen molar-refractivity contribution in [3.8, 4) is 5.75 Å². The SMILES string of the molecule is COc1cc(C)c2c(c1CC1(O)CC1)CCCC2. The number of hydrogen-bond donors (Lipinski definition) is 1. The third-order valence-corrected chi connectivity index (χ3v) is 4.51. The molecule has 1 N–H and O–H groups in total. The molecule has 1 saturated carbocycles. The van der Waals surface area contributed by atoms with Gasteiger partial charge in [0.1, 0.15) is 5.75 Å². The van der Waals surface area contributed by atoms with Crippen LogP contribution in [0, 0.1) is 6.92 Å². The Bertz CT molecular complexity index is 472. The van der Waals surface area contributed by atoms with Crippen molar-refractivity contribution >= 4 is 0 Å². The second-order valence-electron chi connectivity index (χ2n) is 5.94. The molecule has 18 heavy (non-hydrogen) atoms. The molecular formula is C16H22O2. The summed E-state index contributed by atoms with van der Waals surface area (Å²) < 4.78 is 5.55. The second-order valence-corrected chi connectivity index (χ2v) is 5.94. The zero-order chi connectivity index (χ0) is 12.8. The van der Waals surface area contributed by atoms with Crippen LogP contribution in [0.2, 0.25) is 0 Å². The van der Waals surface area contributed by atoms with Gasteiger partial charge in [0.05, 0.1) is 12.7 Å². The lowest BCUT2D eigenvalue weighted by molar-refractivity contribution is 0.149. The van der Waals surface area contributed by atoms with Crippen molar-refractivity contribution in [1.29, 1.82) is 0 Å². The topological polar surface area (TPSA) is 29.5 Å². The van der Waals surface area contributed by atoms with Crippen LogP contribution in [-0.2, 0) is 19.3 Å². The first-order valence-electron chi connectivity index (χ1n) is 7.03. The number of ether oxygens (including phenoxy) is 1. The molecule has 98 valence electrons. The summed E-state index contributed by atoms with van der Waals surface area (Å²) in [6, 6.07) is 2.16. The summed E-state index contributed by atoms with van der Waals surface area (Å²) in [6.07, 6.45) is 7.57. The smallest absolute Gasteiger partial charge is 0.122 e. The Morgan fingerprint density at radius 2 is 1.89 bits per heavy atom. The van der Waals surface area contributed by atoms with Gasteiger partial charge in [-0.15, -0.1) is 0 Å². The Labute approximate surface area is 109 Å². The van der Waals surface area contributed by atoms with E-state index in [0.717, 1.165) is 31.4 Å². The number of methoxy groups -OCH3 is 1. The van der Waals surface area contributed by atoms with Crippen molar-refractivity contribution in [2.24, 2.45) is 0 Å². The average molecular weight is 246 g/mol. The normalized spacial score (nSPS) is 20.4. The highest BCUT2D eigenvalue weighted by atomic mass is 16.5. The van der Waals surface area contributed by atoms with Crippen LogP contribution in [0.4, 0.5) is 0 Å². The maximum Gasteiger partial charge on any atom is 0.122 e. The van der Waals surface area contributed by atoms with Crippen molar-refractivity contribution in [2.45, 2.75) is 57.5 Å². The fraction of sp³-hybridized carbons (Fsp3) is 0.625. The van der Waals surface area contributed by atoms with Crippen LogP contribution in [-0.4, -0.2) is 17.8 Å². The number of rotatable bonds is 3. The predicted molar refractivity (Wildman–Crippen MR) is 72.3 cm³/mol. The van der Waals surface area contributed by atoms with Crippen LogP contribution in [0.25, 0.3) is 0 Å². The Kier molecular flexibility index (Phi) is 2.86. The lowest BCUT2D eigenvalue weighted by Crippen LogP contribution is -2.17. The fourth-order valence-corrected chi connectivity index (χ4v) is 3.22. The number of benzene rings is 1. The number of fused-ring (bicyclic) bond motifs is 1. The third-order valence-electron chi connectivity index (χ3n) is 4.51. The lowest BCUT2D eigenvalue weighted by atomic mass is 9.83. The molecular weight excluding hydrogens is 224 g/mol. The van der Waals surface area contributed by atoms with Crippen LogP contribution in [0.15, 0.2) is 6.07 Å². The van der Waals surface area contributed by atoms with Gasteiger partial charge in [0, 0.05) is 12.0 Å². The van der Waals surface area contributed by atoms with Gasteiger partial charge in [0.15, 0.2) is 0 Å². The van der Waals surface area contributed by atoms with E-state index in [2.05, 4.69) is 13.0 Å². The van der Waals surface area contributed by atoms with Crippen LogP contribution >= 0.6 is 0 Å². The van der Waals surface area contributed by atoms with E-state index in [1.807, 2.05) is 0 Å². The summed E-state index contributed by atoms with van der Waals surface area (Å²) in [5.41, 5.74) is 5.18. The molecule has 2 nitrogen and oxygen atoms in total. The minimum atomic E-state index is -0.437. The largest absolute Gasteiger partial charge is 0.496 e. The van der Waals surface area contributed by atoms with Crippen LogP contribution < -0.4 is 4.74 Å². The molecule has 0 atom stereocenters. The summed E-state index contributed by atoms with van der Waals surface area (Å²) in [5.74, 6) is 0.980. The Balaban J connectivity index is 2.08. The lowest BCUT2D eigenvalue weighted by Gasteiger charge is -2.25. The Hall–Kier alpha value is -1.02. The molecule has 0 unspecified atom stereocenters. The standard InChI is InChI=1S/C16H22O2/c1-11-9-15(18-2)14(10-16(17)7-8-16)13-6-4-3-5-12(11)13/h9,17H,3-8,10H2,1-2H3. The number of hydrogen-bond acceptors (Lipinski definition) is 2. The van der Waals surface area contributed by atoms with Gasteiger partial charge in [-0.1, -0.05) is 0 Å². The van der Waals surface area contributed by atoms with E-state index in [1.165, 1.54) is 41.5 Å². The molecule has 0 bridgehead atoms. The van der Waals surface area contributed by atoms with Crippen molar-refractivity contribution < 1.29 is 9.84 Å². The molecule has 1 aromatic carbocycles. The van der Waals surface area contributed by atoms with E-state index >= 15 is 0 Å². The Morgan fingerprint density at radius 1 is 1.22 bits per heavy atom.